The summed E-state index contributed by atoms with van der Waals surface area (Å²) in [4.78, 5) is 41.2. The molecule has 210 valence electrons. The number of likely N-dealkylation sites (N-methyl/N-ethyl adjacent to an activating group) is 2. The molecular formula is C29H36N8O2S. The van der Waals surface area contributed by atoms with E-state index in [1.54, 1.807) is 41.2 Å². The maximum Gasteiger partial charge on any atom is 0.251 e. The Kier molecular flexibility index (Phi) is 8.41. The highest BCUT2D eigenvalue weighted by Crippen LogP contribution is 2.31. The van der Waals surface area contributed by atoms with Crippen molar-refractivity contribution < 1.29 is 9.59 Å². The van der Waals surface area contributed by atoms with Crippen LogP contribution in [0.15, 0.2) is 48.1 Å². The number of nitrogens with zero attached hydrogens (tertiary/aromatic N) is 6. The topological polar surface area (TPSA) is 108 Å². The van der Waals surface area contributed by atoms with Crippen molar-refractivity contribution in [3.63, 3.8) is 0 Å². The van der Waals surface area contributed by atoms with Gasteiger partial charge in [-0.2, -0.15) is 5.10 Å². The molecule has 4 aromatic heterocycles. The second-order valence-electron chi connectivity index (χ2n) is 9.82. The van der Waals surface area contributed by atoms with E-state index in [9.17, 15) is 9.59 Å². The van der Waals surface area contributed by atoms with E-state index in [2.05, 4.69) is 41.4 Å². The lowest BCUT2D eigenvalue weighted by molar-refractivity contribution is -0.123. The van der Waals surface area contributed by atoms with Crippen molar-refractivity contribution in [3.8, 4) is 21.8 Å². The molecule has 0 aliphatic carbocycles. The van der Waals surface area contributed by atoms with Gasteiger partial charge in [-0.05, 0) is 55.6 Å². The van der Waals surface area contributed by atoms with Crippen molar-refractivity contribution in [3.05, 3.63) is 53.7 Å². The molecule has 1 fully saturated rings. The number of rotatable bonds is 11. The Balaban J connectivity index is 1.52. The number of anilines is 1. The summed E-state index contributed by atoms with van der Waals surface area (Å²) in [5.74, 6) is 0.357. The van der Waals surface area contributed by atoms with Crippen LogP contribution < -0.4 is 15.5 Å². The third-order valence-corrected chi connectivity index (χ3v) is 8.55. The van der Waals surface area contributed by atoms with Gasteiger partial charge in [0, 0.05) is 37.9 Å². The van der Waals surface area contributed by atoms with Crippen LogP contribution in [0.25, 0.3) is 27.5 Å². The van der Waals surface area contributed by atoms with E-state index in [0.717, 1.165) is 42.1 Å². The summed E-state index contributed by atoms with van der Waals surface area (Å²) in [6.45, 7) is 9.52. The lowest BCUT2D eigenvalue weighted by Crippen LogP contribution is -2.56. The fourth-order valence-corrected chi connectivity index (χ4v) is 5.92. The zero-order chi connectivity index (χ0) is 28.2. The fourth-order valence-electron chi connectivity index (χ4n) is 5.23. The first-order valence-electron chi connectivity index (χ1n) is 13.9. The van der Waals surface area contributed by atoms with E-state index in [1.165, 1.54) is 0 Å². The normalized spacial score (nSPS) is 15.7. The van der Waals surface area contributed by atoms with Crippen molar-refractivity contribution in [2.75, 3.05) is 38.1 Å². The molecule has 0 saturated carbocycles. The predicted molar refractivity (Wildman–Crippen MR) is 159 cm³/mol. The van der Waals surface area contributed by atoms with Crippen LogP contribution in [0.1, 0.15) is 44.0 Å². The number of carbonyl (C=O) groups excluding carboxylic acids is 2. The van der Waals surface area contributed by atoms with Gasteiger partial charge in [0.25, 0.3) is 5.91 Å². The number of nitrogens with one attached hydrogen (secondary N) is 2. The number of aromatic nitrogens is 4. The van der Waals surface area contributed by atoms with Gasteiger partial charge in [0.15, 0.2) is 5.65 Å². The summed E-state index contributed by atoms with van der Waals surface area (Å²) < 4.78 is 1.72. The quantitative estimate of drug-likeness (QED) is 0.288. The number of pyridine rings is 1. The highest BCUT2D eigenvalue weighted by Gasteiger charge is 2.35. The van der Waals surface area contributed by atoms with E-state index in [4.69, 9.17) is 9.97 Å². The molecule has 1 aliphatic heterocycles. The van der Waals surface area contributed by atoms with Gasteiger partial charge in [0.2, 0.25) is 5.91 Å². The number of thiophene rings is 1. The van der Waals surface area contributed by atoms with E-state index >= 15 is 0 Å². The molecule has 2 amide bonds. The van der Waals surface area contributed by atoms with Gasteiger partial charge in [-0.1, -0.05) is 26.8 Å². The molecule has 40 heavy (non-hydrogen) atoms. The maximum absolute atomic E-state index is 13.5. The van der Waals surface area contributed by atoms with E-state index in [-0.39, 0.29) is 23.9 Å². The molecule has 10 nitrogen and oxygen atoms in total. The number of carbonyl (C=O) groups is 2. The minimum Gasteiger partial charge on any atom is -0.357 e. The van der Waals surface area contributed by atoms with E-state index in [1.807, 2.05) is 34.7 Å². The summed E-state index contributed by atoms with van der Waals surface area (Å²) >= 11 is 1.62. The minimum atomic E-state index is -0.316. The zero-order valence-corrected chi connectivity index (χ0v) is 24.2. The van der Waals surface area contributed by atoms with E-state index in [0.29, 0.717) is 35.8 Å². The lowest BCUT2D eigenvalue weighted by Gasteiger charge is -2.40. The fraction of sp³-hybridized carbons (Fsp3) is 0.414. The third-order valence-electron chi connectivity index (χ3n) is 7.65. The van der Waals surface area contributed by atoms with Crippen LogP contribution in [-0.4, -0.2) is 81.6 Å². The Bertz CT molecular complexity index is 1480. The molecular weight excluding hydrogens is 524 g/mol. The maximum atomic E-state index is 13.5. The average molecular weight is 561 g/mol. The van der Waals surface area contributed by atoms with Crippen LogP contribution in [-0.2, 0) is 4.79 Å². The SMILES string of the molecule is CC[C@H](CNC(=O)c1cc(-c2cnn3ccc(-c4cccs4)nc23)nc(N2CC[C@H]2C(=O)NC)c1)N(CC)CC. The Morgan fingerprint density at radius 2 is 1.98 bits per heavy atom. The number of hydrogen-bond donors (Lipinski definition) is 2. The average Bonchev–Trinajstić information content (AvgIpc) is 3.64. The van der Waals surface area contributed by atoms with Gasteiger partial charge < -0.3 is 15.5 Å². The Labute approximate surface area is 238 Å². The van der Waals surface area contributed by atoms with Crippen molar-refractivity contribution >= 4 is 34.6 Å². The first-order valence-corrected chi connectivity index (χ1v) is 14.8. The largest absolute Gasteiger partial charge is 0.357 e. The van der Waals surface area contributed by atoms with Crippen LogP contribution in [0.5, 0.6) is 0 Å². The van der Waals surface area contributed by atoms with Gasteiger partial charge in [-0.15, -0.1) is 11.3 Å². The molecule has 0 radical (unpaired) electrons. The summed E-state index contributed by atoms with van der Waals surface area (Å²) in [5, 5.41) is 12.4. The molecule has 0 aromatic carbocycles. The first kappa shape index (κ1) is 27.7. The van der Waals surface area contributed by atoms with Gasteiger partial charge >= 0.3 is 0 Å². The predicted octanol–water partition coefficient (Wildman–Crippen LogP) is 3.69. The molecule has 1 saturated heterocycles. The summed E-state index contributed by atoms with van der Waals surface area (Å²) in [5.41, 5.74) is 3.31. The lowest BCUT2D eigenvalue weighted by atomic mass is 10.0. The van der Waals surface area contributed by atoms with Crippen LogP contribution in [0.3, 0.4) is 0 Å². The van der Waals surface area contributed by atoms with Gasteiger partial charge in [0.05, 0.1) is 28.0 Å². The monoisotopic (exact) mass is 560 g/mol. The Hall–Kier alpha value is -3.83. The highest BCUT2D eigenvalue weighted by molar-refractivity contribution is 7.13. The smallest absolute Gasteiger partial charge is 0.251 e. The molecule has 2 N–H and O–H groups in total. The molecule has 0 spiro atoms. The molecule has 2 atom stereocenters. The summed E-state index contributed by atoms with van der Waals surface area (Å²) in [7, 11) is 1.64. The van der Waals surface area contributed by atoms with Gasteiger partial charge in [0.1, 0.15) is 11.9 Å². The number of fused-ring (bicyclic) bond motifs is 1. The van der Waals surface area contributed by atoms with Crippen LogP contribution in [0, 0.1) is 0 Å². The second kappa shape index (κ2) is 12.1. The van der Waals surface area contributed by atoms with Crippen LogP contribution in [0.2, 0.25) is 0 Å². The zero-order valence-electron chi connectivity index (χ0n) is 23.4. The van der Waals surface area contributed by atoms with Gasteiger partial charge in [-0.25, -0.2) is 14.5 Å². The molecule has 5 heterocycles. The Morgan fingerprint density at radius 3 is 2.62 bits per heavy atom. The number of amides is 2. The van der Waals surface area contributed by atoms with Crippen LogP contribution in [0.4, 0.5) is 5.82 Å². The van der Waals surface area contributed by atoms with Crippen molar-refractivity contribution in [2.45, 2.75) is 45.7 Å². The molecule has 11 heteroatoms. The van der Waals surface area contributed by atoms with Crippen molar-refractivity contribution in [2.24, 2.45) is 0 Å². The molecule has 4 aromatic rings. The van der Waals surface area contributed by atoms with Gasteiger partial charge in [-0.3, -0.25) is 14.5 Å². The summed E-state index contributed by atoms with van der Waals surface area (Å²) in [6.07, 6.45) is 5.29. The first-order chi connectivity index (χ1) is 19.5. The van der Waals surface area contributed by atoms with Crippen LogP contribution >= 0.6 is 11.3 Å². The molecule has 0 unspecified atom stereocenters. The minimum absolute atomic E-state index is 0.0623. The third kappa shape index (κ3) is 5.44. The van der Waals surface area contributed by atoms with E-state index < -0.39 is 0 Å². The molecule has 1 aliphatic rings. The van der Waals surface area contributed by atoms with Crippen molar-refractivity contribution in [1.29, 1.82) is 0 Å². The summed E-state index contributed by atoms with van der Waals surface area (Å²) in [6, 6.07) is 9.48. The number of hydrogen-bond acceptors (Lipinski definition) is 8. The standard InChI is InChI=1S/C29H36N8O2S/c1-5-20(35(6-2)7-3)17-31-28(38)19-15-23(33-26(16-19)36-12-11-24(36)29(39)30-4)21-18-32-37-13-10-22(34-27(21)37)25-9-8-14-40-25/h8-10,13-16,18,20,24H,5-7,11-12,17H2,1-4H3,(H,30,39)(H,31,38)/t20-,24+/m1/s1. The second-order valence-corrected chi connectivity index (χ2v) is 10.8. The van der Waals surface area contributed by atoms with Crippen molar-refractivity contribution in [1.82, 2.24) is 35.1 Å². The highest BCUT2D eigenvalue weighted by atomic mass is 32.1. The molecule has 5 rings (SSSR count). The Morgan fingerprint density at radius 1 is 1.15 bits per heavy atom. The molecule has 0 bridgehead atoms.